The Bertz CT molecular complexity index is 606. The summed E-state index contributed by atoms with van der Waals surface area (Å²) in [4.78, 5) is 11.7. The largest absolute Gasteiger partial charge is 0.508 e. The number of aromatic hydroxyl groups is 1. The van der Waals surface area contributed by atoms with E-state index in [2.05, 4.69) is 5.32 Å². The van der Waals surface area contributed by atoms with Crippen molar-refractivity contribution >= 4 is 29.3 Å². The fraction of sp³-hybridized carbons (Fsp3) is 0. The number of phenolic OH excluding ortho intramolecular Hbond substituents is 1. The zero-order valence-corrected chi connectivity index (χ0v) is 10.8. The summed E-state index contributed by atoms with van der Waals surface area (Å²) in [5, 5.41) is 12.4. The Balaban J connectivity index is 1.99. The molecule has 2 rings (SSSR count). The van der Waals surface area contributed by atoms with Gasteiger partial charge in [0.25, 0.3) is 0 Å². The third-order valence-electron chi connectivity index (χ3n) is 2.41. The van der Waals surface area contributed by atoms with Gasteiger partial charge in [-0.05, 0) is 48.0 Å². The van der Waals surface area contributed by atoms with Gasteiger partial charge in [0.05, 0.1) is 0 Å². The van der Waals surface area contributed by atoms with Crippen LogP contribution in [0.5, 0.6) is 5.75 Å². The minimum atomic E-state index is -0.245. The number of carbonyl (C=O) groups is 1. The van der Waals surface area contributed by atoms with Gasteiger partial charge in [-0.2, -0.15) is 0 Å². The molecule has 0 aliphatic heterocycles. The number of amides is 1. The van der Waals surface area contributed by atoms with Crippen LogP contribution in [-0.4, -0.2) is 11.0 Å². The minimum absolute atomic E-state index is 0.160. The molecule has 0 atom stereocenters. The van der Waals surface area contributed by atoms with E-state index in [9.17, 15) is 4.79 Å². The van der Waals surface area contributed by atoms with E-state index >= 15 is 0 Å². The molecule has 96 valence electrons. The Hall–Kier alpha value is -2.26. The van der Waals surface area contributed by atoms with E-state index in [1.807, 2.05) is 12.1 Å². The molecule has 19 heavy (non-hydrogen) atoms. The second-order valence-corrected chi connectivity index (χ2v) is 4.36. The van der Waals surface area contributed by atoms with E-state index in [0.29, 0.717) is 10.7 Å². The average molecular weight is 274 g/mol. The molecule has 0 radical (unpaired) electrons. The first-order valence-corrected chi connectivity index (χ1v) is 6.05. The van der Waals surface area contributed by atoms with Gasteiger partial charge >= 0.3 is 0 Å². The molecule has 1 amide bonds. The van der Waals surface area contributed by atoms with Crippen molar-refractivity contribution in [2.24, 2.45) is 0 Å². The summed E-state index contributed by atoms with van der Waals surface area (Å²) in [5.41, 5.74) is 1.48. The topological polar surface area (TPSA) is 49.3 Å². The van der Waals surface area contributed by atoms with Crippen LogP contribution in [0.1, 0.15) is 5.56 Å². The molecule has 0 aliphatic carbocycles. The summed E-state index contributed by atoms with van der Waals surface area (Å²) in [6.45, 7) is 0. The monoisotopic (exact) mass is 273 g/mol. The van der Waals surface area contributed by atoms with Crippen LogP contribution in [0, 0.1) is 0 Å². The molecule has 0 fully saturated rings. The zero-order chi connectivity index (χ0) is 13.7. The lowest BCUT2D eigenvalue weighted by atomic mass is 10.2. The van der Waals surface area contributed by atoms with Crippen LogP contribution in [0.15, 0.2) is 54.6 Å². The van der Waals surface area contributed by atoms with Crippen molar-refractivity contribution < 1.29 is 9.90 Å². The number of benzene rings is 2. The molecule has 2 aromatic carbocycles. The number of hydrogen-bond acceptors (Lipinski definition) is 2. The van der Waals surface area contributed by atoms with Gasteiger partial charge in [0.1, 0.15) is 5.75 Å². The molecule has 0 aliphatic rings. The van der Waals surface area contributed by atoms with Crippen molar-refractivity contribution in [1.29, 1.82) is 0 Å². The van der Waals surface area contributed by atoms with Crippen LogP contribution in [0.4, 0.5) is 5.69 Å². The number of rotatable bonds is 3. The summed E-state index contributed by atoms with van der Waals surface area (Å²) in [5.74, 6) is -0.0851. The Kier molecular flexibility index (Phi) is 4.21. The molecule has 2 N–H and O–H groups in total. The predicted molar refractivity (Wildman–Crippen MR) is 77.2 cm³/mol. The van der Waals surface area contributed by atoms with Gasteiger partial charge < -0.3 is 10.4 Å². The molecule has 0 aromatic heterocycles. The van der Waals surface area contributed by atoms with Crippen molar-refractivity contribution in [3.05, 3.63) is 65.2 Å². The number of anilines is 1. The highest BCUT2D eigenvalue weighted by Crippen LogP contribution is 2.14. The maximum Gasteiger partial charge on any atom is 0.248 e. The van der Waals surface area contributed by atoms with Crippen LogP contribution in [0.2, 0.25) is 5.02 Å². The van der Waals surface area contributed by atoms with Crippen molar-refractivity contribution in [3.8, 4) is 5.75 Å². The molecular weight excluding hydrogens is 262 g/mol. The van der Waals surface area contributed by atoms with E-state index in [-0.39, 0.29) is 11.7 Å². The molecule has 0 unspecified atom stereocenters. The Morgan fingerprint density at radius 3 is 2.58 bits per heavy atom. The van der Waals surface area contributed by atoms with Crippen molar-refractivity contribution in [2.45, 2.75) is 0 Å². The zero-order valence-electron chi connectivity index (χ0n) is 10.0. The standard InChI is InChI=1S/C15H12ClNO2/c16-12-3-1-2-11(10-12)4-9-15(19)17-13-5-7-14(18)8-6-13/h1-10,18H,(H,17,19)/b9-4+. The summed E-state index contributed by atoms with van der Waals surface area (Å²) >= 11 is 5.85. The fourth-order valence-corrected chi connectivity index (χ4v) is 1.71. The van der Waals surface area contributed by atoms with Gasteiger partial charge in [-0.25, -0.2) is 0 Å². The first kappa shape index (κ1) is 13.2. The van der Waals surface area contributed by atoms with E-state index in [1.165, 1.54) is 18.2 Å². The van der Waals surface area contributed by atoms with Gasteiger partial charge in [0.15, 0.2) is 0 Å². The summed E-state index contributed by atoms with van der Waals surface area (Å²) in [6.07, 6.45) is 3.11. The van der Waals surface area contributed by atoms with Gasteiger partial charge in [-0.1, -0.05) is 23.7 Å². The molecule has 0 heterocycles. The fourth-order valence-electron chi connectivity index (χ4n) is 1.51. The molecule has 0 bridgehead atoms. The number of hydrogen-bond donors (Lipinski definition) is 2. The Morgan fingerprint density at radius 1 is 1.16 bits per heavy atom. The smallest absolute Gasteiger partial charge is 0.248 e. The van der Waals surface area contributed by atoms with Crippen LogP contribution >= 0.6 is 11.6 Å². The first-order chi connectivity index (χ1) is 9.13. The van der Waals surface area contributed by atoms with Crippen LogP contribution < -0.4 is 5.32 Å². The first-order valence-electron chi connectivity index (χ1n) is 5.67. The third-order valence-corrected chi connectivity index (χ3v) is 2.65. The number of carbonyl (C=O) groups excluding carboxylic acids is 1. The highest BCUT2D eigenvalue weighted by atomic mass is 35.5. The van der Waals surface area contributed by atoms with Crippen molar-refractivity contribution in [2.75, 3.05) is 5.32 Å². The quantitative estimate of drug-likeness (QED) is 0.662. The highest BCUT2D eigenvalue weighted by molar-refractivity contribution is 6.30. The lowest BCUT2D eigenvalue weighted by Gasteiger charge is -2.01. The van der Waals surface area contributed by atoms with Crippen molar-refractivity contribution in [3.63, 3.8) is 0 Å². The highest BCUT2D eigenvalue weighted by Gasteiger charge is 1.98. The normalized spacial score (nSPS) is 10.6. The van der Waals surface area contributed by atoms with Gasteiger partial charge in [-0.3, -0.25) is 4.79 Å². The number of nitrogens with one attached hydrogen (secondary N) is 1. The van der Waals surface area contributed by atoms with Crippen molar-refractivity contribution in [1.82, 2.24) is 0 Å². The maximum atomic E-state index is 11.7. The Morgan fingerprint density at radius 2 is 1.89 bits per heavy atom. The summed E-state index contributed by atoms with van der Waals surface area (Å²) < 4.78 is 0. The third kappa shape index (κ3) is 4.16. The van der Waals surface area contributed by atoms with Gasteiger partial charge in [0.2, 0.25) is 5.91 Å². The van der Waals surface area contributed by atoms with Gasteiger partial charge in [-0.15, -0.1) is 0 Å². The van der Waals surface area contributed by atoms with E-state index in [0.717, 1.165) is 5.56 Å². The molecule has 0 spiro atoms. The average Bonchev–Trinajstić information content (AvgIpc) is 2.39. The summed E-state index contributed by atoms with van der Waals surface area (Å²) in [6, 6.07) is 13.5. The van der Waals surface area contributed by atoms with E-state index in [4.69, 9.17) is 16.7 Å². The van der Waals surface area contributed by atoms with Crippen LogP contribution in [0.25, 0.3) is 6.08 Å². The Labute approximate surface area is 116 Å². The summed E-state index contributed by atoms with van der Waals surface area (Å²) in [7, 11) is 0. The van der Waals surface area contributed by atoms with E-state index < -0.39 is 0 Å². The van der Waals surface area contributed by atoms with Crippen LogP contribution in [-0.2, 0) is 4.79 Å². The van der Waals surface area contributed by atoms with E-state index in [1.54, 1.807) is 30.3 Å². The minimum Gasteiger partial charge on any atom is -0.508 e. The molecule has 4 heteroatoms. The second kappa shape index (κ2) is 6.07. The lowest BCUT2D eigenvalue weighted by Crippen LogP contribution is -2.07. The molecular formula is C15H12ClNO2. The van der Waals surface area contributed by atoms with Gasteiger partial charge in [0, 0.05) is 16.8 Å². The van der Waals surface area contributed by atoms with Crippen LogP contribution in [0.3, 0.4) is 0 Å². The number of halogens is 1. The second-order valence-electron chi connectivity index (χ2n) is 3.92. The predicted octanol–water partition coefficient (Wildman–Crippen LogP) is 3.70. The lowest BCUT2D eigenvalue weighted by molar-refractivity contribution is -0.111. The molecule has 3 nitrogen and oxygen atoms in total. The number of phenols is 1. The molecule has 2 aromatic rings. The maximum absolute atomic E-state index is 11.7. The molecule has 0 saturated carbocycles. The molecule has 0 saturated heterocycles. The SMILES string of the molecule is O=C(/C=C/c1cccc(Cl)c1)Nc1ccc(O)cc1.